The molecule has 11 aromatic rings. The van der Waals surface area contributed by atoms with E-state index < -0.39 is 0 Å². The second-order valence-corrected chi connectivity index (χ2v) is 18.4. The summed E-state index contributed by atoms with van der Waals surface area (Å²) in [5.74, 6) is 1.70. The molecule has 13 rings (SSSR count). The minimum Gasteiger partial charge on any atom is -0.453 e. The van der Waals surface area contributed by atoms with Crippen LogP contribution in [0.15, 0.2) is 243 Å². The van der Waals surface area contributed by atoms with Crippen LogP contribution >= 0.6 is 0 Å². The zero-order valence-electron chi connectivity index (χ0n) is 37.9. The first-order chi connectivity index (χ1) is 33.5. The van der Waals surface area contributed by atoms with Crippen molar-refractivity contribution in [3.63, 3.8) is 0 Å². The zero-order chi connectivity index (χ0) is 45.3. The van der Waals surface area contributed by atoms with Gasteiger partial charge in [0.05, 0.1) is 11.4 Å². The fraction of sp³-hybridized carbons (Fsp3) is 0.0462. The first-order valence-corrected chi connectivity index (χ1v) is 23.5. The average Bonchev–Trinajstić information content (AvgIpc) is 3.63. The average molecular weight is 871 g/mol. The molecule has 0 saturated heterocycles. The Morgan fingerprint density at radius 2 is 0.868 bits per heavy atom. The van der Waals surface area contributed by atoms with E-state index in [1.807, 2.05) is 0 Å². The van der Waals surface area contributed by atoms with Gasteiger partial charge >= 0.3 is 0 Å². The van der Waals surface area contributed by atoms with Crippen LogP contribution in [0.4, 0.5) is 34.1 Å². The van der Waals surface area contributed by atoms with Gasteiger partial charge < -0.3 is 14.5 Å². The van der Waals surface area contributed by atoms with E-state index >= 15 is 0 Å². The van der Waals surface area contributed by atoms with E-state index in [-0.39, 0.29) is 5.41 Å². The maximum atomic E-state index is 7.44. The molecule has 1 aliphatic carbocycles. The molecule has 0 atom stereocenters. The molecule has 0 saturated carbocycles. The van der Waals surface area contributed by atoms with Crippen LogP contribution in [0.1, 0.15) is 25.0 Å². The minimum atomic E-state index is -0.0916. The van der Waals surface area contributed by atoms with Crippen molar-refractivity contribution in [3.8, 4) is 56.0 Å². The Bertz CT molecular complexity index is 3690. The molecule has 1 heterocycles. The third-order valence-electron chi connectivity index (χ3n) is 14.2. The molecular formula is C65H46N2O. The van der Waals surface area contributed by atoms with E-state index in [9.17, 15) is 0 Å². The number of para-hydroxylation sites is 3. The van der Waals surface area contributed by atoms with Gasteiger partial charge in [-0.3, -0.25) is 0 Å². The molecule has 0 spiro atoms. The summed E-state index contributed by atoms with van der Waals surface area (Å²) in [4.78, 5) is 4.74. The smallest absolute Gasteiger partial charge is 0.159 e. The molecule has 0 unspecified atom stereocenters. The van der Waals surface area contributed by atoms with Crippen molar-refractivity contribution in [2.75, 3.05) is 9.80 Å². The highest BCUT2D eigenvalue weighted by atomic mass is 16.5. The molecule has 0 bridgehead atoms. The third kappa shape index (κ3) is 6.27. The lowest BCUT2D eigenvalue weighted by atomic mass is 9.82. The van der Waals surface area contributed by atoms with Crippen LogP contribution < -0.4 is 14.5 Å². The van der Waals surface area contributed by atoms with Crippen molar-refractivity contribution < 1.29 is 4.74 Å². The van der Waals surface area contributed by atoms with E-state index in [0.717, 1.165) is 89.4 Å². The first kappa shape index (κ1) is 39.7. The molecule has 3 nitrogen and oxygen atoms in total. The number of hydrogen-bond donors (Lipinski definition) is 0. The predicted molar refractivity (Wildman–Crippen MR) is 285 cm³/mol. The van der Waals surface area contributed by atoms with Gasteiger partial charge in [0.25, 0.3) is 0 Å². The predicted octanol–water partition coefficient (Wildman–Crippen LogP) is 18.3. The second-order valence-electron chi connectivity index (χ2n) is 18.4. The highest BCUT2D eigenvalue weighted by Gasteiger charge is 2.36. The van der Waals surface area contributed by atoms with Crippen molar-refractivity contribution in [3.05, 3.63) is 254 Å². The van der Waals surface area contributed by atoms with Crippen molar-refractivity contribution in [2.45, 2.75) is 19.3 Å². The van der Waals surface area contributed by atoms with Gasteiger partial charge in [0.2, 0.25) is 0 Å². The summed E-state index contributed by atoms with van der Waals surface area (Å²) < 4.78 is 7.44. The van der Waals surface area contributed by atoms with Crippen LogP contribution in [0.3, 0.4) is 0 Å². The molecule has 68 heavy (non-hydrogen) atoms. The molecule has 1 aliphatic heterocycles. The van der Waals surface area contributed by atoms with Crippen LogP contribution in [-0.2, 0) is 5.41 Å². The van der Waals surface area contributed by atoms with E-state index in [1.54, 1.807) is 0 Å². The van der Waals surface area contributed by atoms with Gasteiger partial charge in [-0.25, -0.2) is 0 Å². The zero-order valence-corrected chi connectivity index (χ0v) is 37.9. The lowest BCUT2D eigenvalue weighted by Gasteiger charge is -2.31. The normalized spacial score (nSPS) is 12.8. The molecule has 2 aliphatic rings. The Morgan fingerprint density at radius 3 is 1.63 bits per heavy atom. The lowest BCUT2D eigenvalue weighted by molar-refractivity contribution is 0.490. The largest absolute Gasteiger partial charge is 0.453 e. The molecule has 0 aromatic heterocycles. The van der Waals surface area contributed by atoms with E-state index in [0.29, 0.717) is 0 Å². The number of benzene rings is 11. The van der Waals surface area contributed by atoms with Crippen molar-refractivity contribution in [2.24, 2.45) is 0 Å². The quantitative estimate of drug-likeness (QED) is 0.151. The summed E-state index contributed by atoms with van der Waals surface area (Å²) in [7, 11) is 0. The highest BCUT2D eigenvalue weighted by Crippen LogP contribution is 2.57. The van der Waals surface area contributed by atoms with Crippen LogP contribution in [0.5, 0.6) is 11.5 Å². The van der Waals surface area contributed by atoms with Crippen molar-refractivity contribution in [1.29, 1.82) is 0 Å². The van der Waals surface area contributed by atoms with Gasteiger partial charge in [-0.1, -0.05) is 190 Å². The Labute approximate surface area is 397 Å². The maximum Gasteiger partial charge on any atom is 0.159 e. The van der Waals surface area contributed by atoms with Gasteiger partial charge in [-0.15, -0.1) is 0 Å². The van der Waals surface area contributed by atoms with E-state index in [1.165, 1.54) is 33.4 Å². The third-order valence-corrected chi connectivity index (χ3v) is 14.2. The number of ether oxygens (including phenoxy) is 1. The number of hydrogen-bond acceptors (Lipinski definition) is 3. The molecule has 0 fully saturated rings. The topological polar surface area (TPSA) is 15.7 Å². The fourth-order valence-corrected chi connectivity index (χ4v) is 11.0. The Kier molecular flexibility index (Phi) is 9.19. The molecule has 11 aromatic carbocycles. The summed E-state index contributed by atoms with van der Waals surface area (Å²) in [5, 5.41) is 4.56. The number of rotatable bonds is 8. The highest BCUT2D eigenvalue weighted by molar-refractivity contribution is 6.13. The fourth-order valence-electron chi connectivity index (χ4n) is 11.0. The Morgan fingerprint density at radius 1 is 0.324 bits per heavy atom. The monoisotopic (exact) mass is 870 g/mol. The van der Waals surface area contributed by atoms with Gasteiger partial charge in [-0.2, -0.15) is 0 Å². The van der Waals surface area contributed by atoms with Gasteiger partial charge in [0, 0.05) is 50.1 Å². The van der Waals surface area contributed by atoms with Gasteiger partial charge in [-0.05, 0) is 122 Å². The summed E-state index contributed by atoms with van der Waals surface area (Å²) in [5.41, 5.74) is 18.4. The Hall–Kier alpha value is -8.66. The van der Waals surface area contributed by atoms with Crippen LogP contribution in [-0.4, -0.2) is 0 Å². The lowest BCUT2D eigenvalue weighted by Crippen LogP contribution is -2.15. The van der Waals surface area contributed by atoms with Crippen molar-refractivity contribution in [1.82, 2.24) is 0 Å². The SMILES string of the molecule is CC1(C)c2ccccc2-c2cc(N(c3ccc(-c4ccccc4)cc3)c3ccc(-c4ccc5cccc6c5c4Oc4c-6cccc4N(c4ccccc4)c4ccccc4)c4ccccc34)ccc21. The minimum absolute atomic E-state index is 0.0916. The first-order valence-electron chi connectivity index (χ1n) is 23.5. The van der Waals surface area contributed by atoms with E-state index in [2.05, 4.69) is 266 Å². The van der Waals surface area contributed by atoms with E-state index in [4.69, 9.17) is 4.74 Å². The Balaban J connectivity index is 0.995. The standard InChI is InChI=1S/C65H46N2O/c1-65(2)58-30-15-14-26-52(58)57-42-49(37-40-59(57)65)67(48-35-32-44(33-36-48)43-18-6-3-7-19-43)60-41-39-51(50-25-12-13-27-53(50)60)56-38-34-45-20-16-28-54-55-29-17-31-61(63(55)68-64(56)62(45)54)66(46-21-8-4-9-22-46)47-23-10-5-11-24-47/h3-42H,1-2H3. The maximum absolute atomic E-state index is 7.44. The molecule has 0 N–H and O–H groups in total. The molecule has 0 amide bonds. The van der Waals surface area contributed by atoms with Crippen LogP contribution in [0.2, 0.25) is 0 Å². The molecular weight excluding hydrogens is 825 g/mol. The summed E-state index contributed by atoms with van der Waals surface area (Å²) in [6.07, 6.45) is 0. The number of anilines is 6. The van der Waals surface area contributed by atoms with Crippen LogP contribution in [0.25, 0.3) is 66.1 Å². The summed E-state index contributed by atoms with van der Waals surface area (Å²) >= 11 is 0. The molecule has 3 heteroatoms. The van der Waals surface area contributed by atoms with Crippen LogP contribution in [0, 0.1) is 0 Å². The summed E-state index contributed by atoms with van der Waals surface area (Å²) in [6.45, 7) is 4.69. The number of nitrogens with zero attached hydrogens (tertiary/aromatic N) is 2. The number of fused-ring (bicyclic) bond motifs is 6. The summed E-state index contributed by atoms with van der Waals surface area (Å²) in [6, 6.07) is 87.9. The van der Waals surface area contributed by atoms with Gasteiger partial charge in [0.15, 0.2) is 5.75 Å². The second kappa shape index (κ2) is 15.8. The molecule has 0 radical (unpaired) electrons. The molecule has 322 valence electrons. The van der Waals surface area contributed by atoms with Crippen molar-refractivity contribution >= 4 is 55.7 Å². The van der Waals surface area contributed by atoms with Gasteiger partial charge in [0.1, 0.15) is 5.75 Å².